The van der Waals surface area contributed by atoms with E-state index in [1.807, 2.05) is 0 Å². The van der Waals surface area contributed by atoms with Crippen molar-refractivity contribution in [1.82, 2.24) is 8.75 Å². The van der Waals surface area contributed by atoms with Gasteiger partial charge in [0.15, 0.2) is 0 Å². The van der Waals surface area contributed by atoms with Gasteiger partial charge in [-0.1, -0.05) is 11.6 Å². The van der Waals surface area contributed by atoms with Crippen molar-refractivity contribution >= 4 is 46.0 Å². The molecule has 0 atom stereocenters. The third-order valence-corrected chi connectivity index (χ3v) is 3.67. The number of aromatic hydroxyl groups is 1. The molecule has 0 fully saturated rings. The second-order valence-corrected chi connectivity index (χ2v) is 5.11. The number of phenols is 1. The molecule has 0 spiro atoms. The summed E-state index contributed by atoms with van der Waals surface area (Å²) in [4.78, 5) is 12.1. The standard InChI is InChI=1S/C13H7ClFN3O2S/c14-8-3-4-10-12(18-21-17-10)11(8)16-13(20)7-2-1-6(19)5-9(7)15/h1-5,19H,(H,16,20). The summed E-state index contributed by atoms with van der Waals surface area (Å²) in [7, 11) is 0. The van der Waals surface area contributed by atoms with Crippen LogP contribution in [0.4, 0.5) is 10.1 Å². The smallest absolute Gasteiger partial charge is 0.258 e. The molecule has 0 saturated carbocycles. The molecule has 3 rings (SSSR count). The maximum absolute atomic E-state index is 13.7. The minimum absolute atomic E-state index is 0.205. The summed E-state index contributed by atoms with van der Waals surface area (Å²) in [6.07, 6.45) is 0. The topological polar surface area (TPSA) is 75.1 Å². The SMILES string of the molecule is O=C(Nc1c(Cl)ccc2nsnc12)c1ccc(O)cc1F. The molecular formula is C13H7ClFN3O2S. The number of aromatic nitrogens is 2. The quantitative estimate of drug-likeness (QED) is 0.757. The van der Waals surface area contributed by atoms with Gasteiger partial charge in [0.25, 0.3) is 5.91 Å². The molecule has 0 bridgehead atoms. The summed E-state index contributed by atoms with van der Waals surface area (Å²) in [5.74, 6) is -1.77. The van der Waals surface area contributed by atoms with E-state index in [0.717, 1.165) is 17.8 Å². The lowest BCUT2D eigenvalue weighted by Crippen LogP contribution is -2.14. The largest absolute Gasteiger partial charge is 0.508 e. The van der Waals surface area contributed by atoms with Gasteiger partial charge in [0.05, 0.1) is 28.0 Å². The van der Waals surface area contributed by atoms with Gasteiger partial charge < -0.3 is 10.4 Å². The van der Waals surface area contributed by atoms with Gasteiger partial charge in [-0.2, -0.15) is 8.75 Å². The van der Waals surface area contributed by atoms with Crippen molar-refractivity contribution in [1.29, 1.82) is 0 Å². The number of carbonyl (C=O) groups is 1. The van der Waals surface area contributed by atoms with E-state index < -0.39 is 11.7 Å². The molecule has 1 amide bonds. The maximum Gasteiger partial charge on any atom is 0.258 e. The summed E-state index contributed by atoms with van der Waals surface area (Å²) in [6, 6.07) is 6.53. The molecule has 0 unspecified atom stereocenters. The van der Waals surface area contributed by atoms with E-state index in [2.05, 4.69) is 14.1 Å². The summed E-state index contributed by atoms with van der Waals surface area (Å²) in [5, 5.41) is 12.0. The van der Waals surface area contributed by atoms with Crippen LogP contribution >= 0.6 is 23.3 Å². The van der Waals surface area contributed by atoms with Crippen LogP contribution in [0.25, 0.3) is 11.0 Å². The Morgan fingerprint density at radius 1 is 1.29 bits per heavy atom. The number of halogens is 2. The molecule has 0 saturated heterocycles. The van der Waals surface area contributed by atoms with Crippen LogP contribution in [-0.2, 0) is 0 Å². The second kappa shape index (κ2) is 5.27. The molecule has 1 aromatic heterocycles. The Kier molecular flexibility index (Phi) is 3.44. The third kappa shape index (κ3) is 2.53. The van der Waals surface area contributed by atoms with Crippen LogP contribution in [0.3, 0.4) is 0 Å². The molecule has 1 heterocycles. The second-order valence-electron chi connectivity index (χ2n) is 4.17. The number of nitrogens with zero attached hydrogens (tertiary/aromatic N) is 2. The maximum atomic E-state index is 13.7. The zero-order chi connectivity index (χ0) is 15.0. The minimum Gasteiger partial charge on any atom is -0.508 e. The van der Waals surface area contributed by atoms with E-state index >= 15 is 0 Å². The Bertz CT molecular complexity index is 853. The van der Waals surface area contributed by atoms with E-state index in [1.54, 1.807) is 12.1 Å². The van der Waals surface area contributed by atoms with Crippen molar-refractivity contribution in [3.05, 3.63) is 46.7 Å². The molecule has 3 aromatic rings. The van der Waals surface area contributed by atoms with Gasteiger partial charge >= 0.3 is 0 Å². The molecule has 8 heteroatoms. The highest BCUT2D eigenvalue weighted by Gasteiger charge is 2.17. The van der Waals surface area contributed by atoms with Gasteiger partial charge in [-0.05, 0) is 24.3 Å². The first-order valence-corrected chi connectivity index (χ1v) is 6.88. The number of hydrogen-bond donors (Lipinski definition) is 2. The van der Waals surface area contributed by atoms with Crippen LogP contribution in [0.2, 0.25) is 5.02 Å². The predicted molar refractivity (Wildman–Crippen MR) is 78.4 cm³/mol. The molecule has 21 heavy (non-hydrogen) atoms. The molecule has 0 aliphatic rings. The fourth-order valence-electron chi connectivity index (χ4n) is 1.81. The number of phenolic OH excluding ortho intramolecular Hbond substituents is 1. The van der Waals surface area contributed by atoms with E-state index in [1.165, 1.54) is 12.1 Å². The first-order valence-electron chi connectivity index (χ1n) is 5.77. The number of nitrogens with one attached hydrogen (secondary N) is 1. The summed E-state index contributed by atoms with van der Waals surface area (Å²) in [6.45, 7) is 0. The predicted octanol–water partition coefficient (Wildman–Crippen LogP) is 3.44. The van der Waals surface area contributed by atoms with E-state index in [-0.39, 0.29) is 22.0 Å². The van der Waals surface area contributed by atoms with Gasteiger partial charge in [-0.3, -0.25) is 4.79 Å². The van der Waals surface area contributed by atoms with Crippen molar-refractivity contribution in [2.45, 2.75) is 0 Å². The van der Waals surface area contributed by atoms with Gasteiger partial charge in [0, 0.05) is 6.07 Å². The molecule has 0 radical (unpaired) electrons. The van der Waals surface area contributed by atoms with Crippen molar-refractivity contribution in [2.75, 3.05) is 5.32 Å². The summed E-state index contributed by atoms with van der Waals surface area (Å²) < 4.78 is 21.8. The first-order chi connectivity index (χ1) is 10.1. The normalized spacial score (nSPS) is 10.8. The van der Waals surface area contributed by atoms with Crippen LogP contribution < -0.4 is 5.32 Å². The number of fused-ring (bicyclic) bond motifs is 1. The molecule has 0 aliphatic heterocycles. The number of hydrogen-bond acceptors (Lipinski definition) is 5. The van der Waals surface area contributed by atoms with E-state index in [0.29, 0.717) is 11.0 Å². The number of rotatable bonds is 2. The van der Waals surface area contributed by atoms with Gasteiger partial charge in [0.2, 0.25) is 0 Å². The van der Waals surface area contributed by atoms with E-state index in [4.69, 9.17) is 16.7 Å². The molecule has 0 aliphatic carbocycles. The van der Waals surface area contributed by atoms with Crippen LogP contribution in [0, 0.1) is 5.82 Å². The zero-order valence-corrected chi connectivity index (χ0v) is 11.9. The number of amides is 1. The van der Waals surface area contributed by atoms with Crippen LogP contribution in [0.1, 0.15) is 10.4 Å². The van der Waals surface area contributed by atoms with E-state index in [9.17, 15) is 9.18 Å². The molecule has 5 nitrogen and oxygen atoms in total. The van der Waals surface area contributed by atoms with Crippen LogP contribution in [0.15, 0.2) is 30.3 Å². The van der Waals surface area contributed by atoms with Crippen molar-refractivity contribution < 1.29 is 14.3 Å². The Labute approximate surface area is 127 Å². The van der Waals surface area contributed by atoms with Crippen molar-refractivity contribution in [3.63, 3.8) is 0 Å². The monoisotopic (exact) mass is 323 g/mol. The highest BCUT2D eigenvalue weighted by molar-refractivity contribution is 7.00. The van der Waals surface area contributed by atoms with Gasteiger partial charge in [-0.15, -0.1) is 0 Å². The molecule has 106 valence electrons. The van der Waals surface area contributed by atoms with Crippen molar-refractivity contribution in [3.8, 4) is 5.75 Å². The Balaban J connectivity index is 2.00. The van der Waals surface area contributed by atoms with Crippen LogP contribution in [-0.4, -0.2) is 19.8 Å². The third-order valence-electron chi connectivity index (χ3n) is 2.81. The lowest BCUT2D eigenvalue weighted by atomic mass is 10.1. The zero-order valence-electron chi connectivity index (χ0n) is 10.3. The van der Waals surface area contributed by atoms with Gasteiger partial charge in [-0.25, -0.2) is 4.39 Å². The Morgan fingerprint density at radius 2 is 2.10 bits per heavy atom. The molecule has 2 aromatic carbocycles. The van der Waals surface area contributed by atoms with Crippen LogP contribution in [0.5, 0.6) is 5.75 Å². The average Bonchev–Trinajstić information content (AvgIpc) is 2.90. The molecule has 2 N–H and O–H groups in total. The molecular weight excluding hydrogens is 317 g/mol. The number of carbonyl (C=O) groups excluding carboxylic acids is 1. The van der Waals surface area contributed by atoms with Crippen molar-refractivity contribution in [2.24, 2.45) is 0 Å². The summed E-state index contributed by atoms with van der Waals surface area (Å²) >= 11 is 7.03. The summed E-state index contributed by atoms with van der Waals surface area (Å²) in [5.41, 5.74) is 1.11. The fourth-order valence-corrected chi connectivity index (χ4v) is 2.56. The highest BCUT2D eigenvalue weighted by atomic mass is 35.5. The first kappa shape index (κ1) is 13.7. The Hall–Kier alpha value is -2.25. The Morgan fingerprint density at radius 3 is 2.86 bits per heavy atom. The lowest BCUT2D eigenvalue weighted by Gasteiger charge is -2.08. The highest BCUT2D eigenvalue weighted by Crippen LogP contribution is 2.30. The fraction of sp³-hybridized carbons (Fsp3) is 0. The number of anilines is 1. The minimum atomic E-state index is -0.827. The number of benzene rings is 2. The lowest BCUT2D eigenvalue weighted by molar-refractivity contribution is 0.102. The van der Waals surface area contributed by atoms with Gasteiger partial charge in [0.1, 0.15) is 22.6 Å². The average molecular weight is 324 g/mol.